The molecule has 1 aromatic heterocycles. The lowest BCUT2D eigenvalue weighted by Gasteiger charge is -2.14. The van der Waals surface area contributed by atoms with Crippen molar-refractivity contribution >= 4 is 0 Å². The smallest absolute Gasteiger partial charge is 0.0645 e. The van der Waals surface area contributed by atoms with Gasteiger partial charge in [0.15, 0.2) is 0 Å². The largest absolute Gasteiger partial charge is 0.396 e. The first kappa shape index (κ1) is 13.3. The average molecular weight is 271 g/mol. The van der Waals surface area contributed by atoms with Gasteiger partial charge in [-0.25, -0.2) is 4.68 Å². The van der Waals surface area contributed by atoms with Crippen molar-refractivity contribution in [3.05, 3.63) is 48.3 Å². The molecular weight excluding hydrogens is 250 g/mol. The van der Waals surface area contributed by atoms with Gasteiger partial charge in [-0.15, -0.1) is 0 Å². The Morgan fingerprint density at radius 1 is 1.25 bits per heavy atom. The minimum absolute atomic E-state index is 0.310. The average Bonchev–Trinajstić information content (AvgIpc) is 3.11. The highest BCUT2D eigenvalue weighted by molar-refractivity contribution is 5.30. The van der Waals surface area contributed by atoms with Crippen molar-refractivity contribution < 1.29 is 5.11 Å². The molecule has 0 amide bonds. The molecule has 1 aliphatic rings. The van der Waals surface area contributed by atoms with Crippen molar-refractivity contribution in [2.75, 3.05) is 19.7 Å². The van der Waals surface area contributed by atoms with Crippen molar-refractivity contribution in [2.45, 2.75) is 19.4 Å². The van der Waals surface area contributed by atoms with Crippen LogP contribution in [0.25, 0.3) is 5.69 Å². The van der Waals surface area contributed by atoms with E-state index in [1.807, 2.05) is 29.1 Å². The molecule has 1 unspecified atom stereocenters. The summed E-state index contributed by atoms with van der Waals surface area (Å²) in [6.45, 7) is 3.48. The molecule has 2 heterocycles. The van der Waals surface area contributed by atoms with E-state index >= 15 is 0 Å². The lowest BCUT2D eigenvalue weighted by Crippen LogP contribution is -2.20. The maximum absolute atomic E-state index is 9.00. The second-order valence-corrected chi connectivity index (χ2v) is 5.53. The van der Waals surface area contributed by atoms with E-state index < -0.39 is 0 Å². The van der Waals surface area contributed by atoms with Crippen molar-refractivity contribution in [1.29, 1.82) is 0 Å². The lowest BCUT2D eigenvalue weighted by atomic mass is 10.1. The minimum Gasteiger partial charge on any atom is -0.396 e. The molecule has 4 heteroatoms. The summed E-state index contributed by atoms with van der Waals surface area (Å²) in [6, 6.07) is 10.2. The summed E-state index contributed by atoms with van der Waals surface area (Å²) in [4.78, 5) is 2.45. The topological polar surface area (TPSA) is 41.3 Å². The van der Waals surface area contributed by atoms with Gasteiger partial charge in [0.2, 0.25) is 0 Å². The first-order chi connectivity index (χ1) is 9.85. The molecule has 106 valence electrons. The van der Waals surface area contributed by atoms with Crippen LogP contribution in [0.4, 0.5) is 0 Å². The van der Waals surface area contributed by atoms with E-state index in [4.69, 9.17) is 5.11 Å². The lowest BCUT2D eigenvalue weighted by molar-refractivity contribution is 0.249. The fourth-order valence-corrected chi connectivity index (χ4v) is 2.90. The molecule has 1 aromatic carbocycles. The first-order valence-electron chi connectivity index (χ1n) is 7.27. The fourth-order valence-electron chi connectivity index (χ4n) is 2.90. The number of nitrogens with zero attached hydrogens (tertiary/aromatic N) is 3. The number of likely N-dealkylation sites (tertiary alicyclic amines) is 1. The van der Waals surface area contributed by atoms with Crippen LogP contribution in [0.3, 0.4) is 0 Å². The Hall–Kier alpha value is -1.65. The van der Waals surface area contributed by atoms with Crippen LogP contribution in [-0.2, 0) is 6.54 Å². The van der Waals surface area contributed by atoms with Crippen molar-refractivity contribution in [2.24, 2.45) is 5.92 Å². The Balaban J connectivity index is 1.61. The Labute approximate surface area is 119 Å². The normalized spacial score (nSPS) is 19.6. The van der Waals surface area contributed by atoms with E-state index in [2.05, 4.69) is 28.3 Å². The summed E-state index contributed by atoms with van der Waals surface area (Å²) >= 11 is 0. The monoisotopic (exact) mass is 271 g/mol. The van der Waals surface area contributed by atoms with Gasteiger partial charge in [0.05, 0.1) is 11.9 Å². The van der Waals surface area contributed by atoms with Crippen LogP contribution in [0.1, 0.15) is 18.4 Å². The van der Waals surface area contributed by atoms with Gasteiger partial charge in [-0.2, -0.15) is 5.10 Å². The van der Waals surface area contributed by atoms with Crippen molar-refractivity contribution in [3.8, 4) is 5.69 Å². The van der Waals surface area contributed by atoms with E-state index in [1.54, 1.807) is 0 Å². The summed E-state index contributed by atoms with van der Waals surface area (Å²) in [5, 5.41) is 13.4. The van der Waals surface area contributed by atoms with Crippen LogP contribution >= 0.6 is 0 Å². The van der Waals surface area contributed by atoms with Crippen molar-refractivity contribution in [1.82, 2.24) is 14.7 Å². The van der Waals surface area contributed by atoms with Crippen LogP contribution in [0.15, 0.2) is 42.7 Å². The van der Waals surface area contributed by atoms with Gasteiger partial charge in [-0.1, -0.05) is 18.2 Å². The third-order valence-electron chi connectivity index (χ3n) is 3.97. The quantitative estimate of drug-likeness (QED) is 0.905. The summed E-state index contributed by atoms with van der Waals surface area (Å²) in [7, 11) is 0. The molecule has 0 radical (unpaired) electrons. The van der Waals surface area contributed by atoms with Crippen LogP contribution in [0, 0.1) is 5.92 Å². The van der Waals surface area contributed by atoms with Crippen LogP contribution in [0.2, 0.25) is 0 Å². The highest BCUT2D eigenvalue weighted by Crippen LogP contribution is 2.21. The third kappa shape index (κ3) is 3.08. The molecule has 4 nitrogen and oxygen atoms in total. The number of hydrogen-bond donors (Lipinski definition) is 1. The molecule has 1 atom stereocenters. The third-order valence-corrected chi connectivity index (χ3v) is 3.97. The summed E-state index contributed by atoms with van der Waals surface area (Å²) in [5.74, 6) is 0.657. The Morgan fingerprint density at radius 3 is 2.90 bits per heavy atom. The molecule has 0 saturated carbocycles. The summed E-state index contributed by atoms with van der Waals surface area (Å²) < 4.78 is 1.93. The van der Waals surface area contributed by atoms with Gasteiger partial charge in [0, 0.05) is 31.5 Å². The fraction of sp³-hybridized carbons (Fsp3) is 0.438. The van der Waals surface area contributed by atoms with E-state index in [-0.39, 0.29) is 0 Å². The number of aliphatic hydroxyl groups excluding tert-OH is 1. The molecule has 2 aromatic rings. The van der Waals surface area contributed by atoms with E-state index in [0.29, 0.717) is 12.5 Å². The first-order valence-corrected chi connectivity index (χ1v) is 7.27. The van der Waals surface area contributed by atoms with E-state index in [9.17, 15) is 0 Å². The number of para-hydroxylation sites is 1. The summed E-state index contributed by atoms with van der Waals surface area (Å²) in [5.41, 5.74) is 2.34. The summed E-state index contributed by atoms with van der Waals surface area (Å²) in [6.07, 6.45) is 6.19. The second-order valence-electron chi connectivity index (χ2n) is 5.53. The van der Waals surface area contributed by atoms with Gasteiger partial charge >= 0.3 is 0 Å². The van der Waals surface area contributed by atoms with Gasteiger partial charge in [0.25, 0.3) is 0 Å². The highest BCUT2D eigenvalue weighted by Gasteiger charge is 2.22. The number of aliphatic hydroxyl groups is 1. The van der Waals surface area contributed by atoms with Crippen LogP contribution in [-0.4, -0.2) is 39.5 Å². The zero-order valence-corrected chi connectivity index (χ0v) is 11.7. The number of aromatic nitrogens is 2. The molecule has 1 fully saturated rings. The molecule has 1 saturated heterocycles. The predicted octanol–water partition coefficient (Wildman–Crippen LogP) is 2.08. The predicted molar refractivity (Wildman–Crippen MR) is 78.7 cm³/mol. The van der Waals surface area contributed by atoms with Gasteiger partial charge in [-0.3, -0.25) is 4.90 Å². The molecule has 3 rings (SSSR count). The van der Waals surface area contributed by atoms with E-state index in [1.165, 1.54) is 12.0 Å². The van der Waals surface area contributed by atoms with Gasteiger partial charge in [-0.05, 0) is 37.4 Å². The Bertz CT molecular complexity index is 538. The number of hydrogen-bond acceptors (Lipinski definition) is 3. The number of rotatable bonds is 5. The molecule has 20 heavy (non-hydrogen) atoms. The van der Waals surface area contributed by atoms with Gasteiger partial charge in [0.1, 0.15) is 0 Å². The molecule has 1 aliphatic heterocycles. The second kappa shape index (κ2) is 6.20. The maximum Gasteiger partial charge on any atom is 0.0645 e. The molecule has 0 spiro atoms. The van der Waals surface area contributed by atoms with Crippen LogP contribution in [0.5, 0.6) is 0 Å². The highest BCUT2D eigenvalue weighted by atomic mass is 16.3. The molecule has 0 aliphatic carbocycles. The minimum atomic E-state index is 0.310. The Morgan fingerprint density at radius 2 is 2.10 bits per heavy atom. The zero-order chi connectivity index (χ0) is 13.8. The standard InChI is InChI=1S/C16H21N3O/c20-9-7-14-6-8-18(11-14)12-15-10-17-19(13-15)16-4-2-1-3-5-16/h1-5,10,13-14,20H,6-9,11-12H2. The number of benzene rings is 1. The zero-order valence-electron chi connectivity index (χ0n) is 11.7. The van der Waals surface area contributed by atoms with Crippen LogP contribution < -0.4 is 0 Å². The maximum atomic E-state index is 9.00. The van der Waals surface area contributed by atoms with E-state index in [0.717, 1.165) is 31.7 Å². The molecular formula is C16H21N3O. The molecule has 1 N–H and O–H groups in total. The molecule has 0 bridgehead atoms. The van der Waals surface area contributed by atoms with Crippen molar-refractivity contribution in [3.63, 3.8) is 0 Å². The SMILES string of the molecule is OCCC1CCN(Cc2cnn(-c3ccccc3)c2)C1. The van der Waals surface area contributed by atoms with Gasteiger partial charge < -0.3 is 5.11 Å². The Kier molecular flexibility index (Phi) is 4.14.